The van der Waals surface area contributed by atoms with E-state index in [1.54, 1.807) is 0 Å². The highest BCUT2D eigenvalue weighted by molar-refractivity contribution is 6.23. The van der Waals surface area contributed by atoms with Crippen LogP contribution in [0.2, 0.25) is 0 Å². The first-order valence-electron chi connectivity index (χ1n) is 33.6. The highest BCUT2D eigenvalue weighted by Crippen LogP contribution is 2.49. The van der Waals surface area contributed by atoms with Crippen molar-refractivity contribution >= 4 is 21.5 Å². The topological polar surface area (TPSA) is 86.6 Å². The van der Waals surface area contributed by atoms with Crippen molar-refractivity contribution in [2.75, 3.05) is 6.61 Å². The van der Waals surface area contributed by atoms with Gasteiger partial charge in [0.1, 0.15) is 5.75 Å². The Morgan fingerprint density at radius 2 is 0.552 bits per heavy atom. The molecule has 476 valence electrons. The summed E-state index contributed by atoms with van der Waals surface area (Å²) in [6.07, 6.45) is 3.70. The summed E-state index contributed by atoms with van der Waals surface area (Å²) in [4.78, 5) is 31.0. The number of hydrogen-bond acceptors (Lipinski definition) is 7. The summed E-state index contributed by atoms with van der Waals surface area (Å²) < 4.78 is 6.61. The van der Waals surface area contributed by atoms with Crippen LogP contribution in [0.5, 0.6) is 5.75 Å². The fraction of sp³-hybridized carbons (Fsp3) is 0.213. The molecule has 0 aliphatic rings. The molecule has 2 heterocycles. The van der Waals surface area contributed by atoms with Crippen LogP contribution in [-0.2, 0) is 21.7 Å². The average molecular weight is 1250 g/mol. The molecule has 2 aromatic heterocycles. The van der Waals surface area contributed by atoms with Crippen LogP contribution in [0, 0.1) is 0 Å². The lowest BCUT2D eigenvalue weighted by Crippen LogP contribution is -2.11. The van der Waals surface area contributed by atoms with Crippen LogP contribution in [0.4, 0.5) is 0 Å². The predicted octanol–water partition coefficient (Wildman–Crippen LogP) is 23.6. The van der Waals surface area contributed by atoms with Crippen LogP contribution < -0.4 is 4.74 Å². The van der Waals surface area contributed by atoms with Crippen LogP contribution in [0.15, 0.2) is 249 Å². The summed E-state index contributed by atoms with van der Waals surface area (Å²) in [5, 5.41) is 4.50. The Hall–Kier alpha value is -10.5. The number of rotatable bonds is 15. The maximum absolute atomic E-state index is 6.61. The molecule has 0 fully saturated rings. The van der Waals surface area contributed by atoms with Crippen LogP contribution in [0.25, 0.3) is 134 Å². The van der Waals surface area contributed by atoms with Crippen molar-refractivity contribution in [2.45, 2.75) is 118 Å². The minimum absolute atomic E-state index is 0.0102. The number of allylic oxidation sites excluding steroid dienone is 1. The Bertz CT molecular complexity index is 4830. The van der Waals surface area contributed by atoms with Crippen molar-refractivity contribution in [3.05, 3.63) is 271 Å². The van der Waals surface area contributed by atoms with Gasteiger partial charge in [0.2, 0.25) is 0 Å². The van der Waals surface area contributed by atoms with Crippen LogP contribution in [0.3, 0.4) is 0 Å². The first-order chi connectivity index (χ1) is 46.0. The fourth-order valence-electron chi connectivity index (χ4n) is 12.8. The van der Waals surface area contributed by atoms with E-state index in [0.717, 1.165) is 118 Å². The Kier molecular flexibility index (Phi) is 17.4. The van der Waals surface area contributed by atoms with Crippen LogP contribution in [0.1, 0.15) is 118 Å². The zero-order valence-corrected chi connectivity index (χ0v) is 57.5. The van der Waals surface area contributed by atoms with Crippen molar-refractivity contribution in [3.63, 3.8) is 0 Å². The summed E-state index contributed by atoms with van der Waals surface area (Å²) >= 11 is 0. The van der Waals surface area contributed by atoms with E-state index in [-0.39, 0.29) is 21.7 Å². The largest absolute Gasteiger partial charge is 0.494 e. The summed E-state index contributed by atoms with van der Waals surface area (Å²) in [5.41, 5.74) is 19.5. The molecule has 7 heteroatoms. The van der Waals surface area contributed by atoms with Crippen molar-refractivity contribution in [3.8, 4) is 119 Å². The van der Waals surface area contributed by atoms with Gasteiger partial charge in [0, 0.05) is 33.4 Å². The van der Waals surface area contributed by atoms with E-state index in [9.17, 15) is 0 Å². The molecule has 7 nitrogen and oxygen atoms in total. The summed E-state index contributed by atoms with van der Waals surface area (Å²) in [6, 6.07) is 85.1. The lowest BCUT2D eigenvalue weighted by Gasteiger charge is -2.22. The normalized spacial score (nSPS) is 12.1. The second-order valence-electron chi connectivity index (χ2n) is 29.5. The van der Waals surface area contributed by atoms with Gasteiger partial charge in [0.15, 0.2) is 34.9 Å². The fourth-order valence-corrected chi connectivity index (χ4v) is 12.8. The van der Waals surface area contributed by atoms with Crippen molar-refractivity contribution < 1.29 is 4.74 Å². The molecule has 0 saturated carbocycles. The van der Waals surface area contributed by atoms with Gasteiger partial charge in [-0.15, -0.1) is 6.58 Å². The third-order valence-corrected chi connectivity index (χ3v) is 18.4. The Balaban J connectivity index is 0.906. The van der Waals surface area contributed by atoms with Gasteiger partial charge < -0.3 is 4.74 Å². The van der Waals surface area contributed by atoms with Crippen LogP contribution in [-0.4, -0.2) is 36.5 Å². The minimum Gasteiger partial charge on any atom is -0.494 e. The Morgan fingerprint density at radius 1 is 0.292 bits per heavy atom. The first-order valence-corrected chi connectivity index (χ1v) is 33.6. The lowest BCUT2D eigenvalue weighted by atomic mass is 9.82. The molecule has 11 aromatic carbocycles. The van der Waals surface area contributed by atoms with Gasteiger partial charge >= 0.3 is 0 Å². The van der Waals surface area contributed by atoms with E-state index in [0.29, 0.717) is 41.6 Å². The van der Waals surface area contributed by atoms with Gasteiger partial charge in [0.05, 0.1) is 6.61 Å². The zero-order valence-electron chi connectivity index (χ0n) is 57.5. The molecule has 0 N–H and O–H groups in total. The Morgan fingerprint density at radius 3 is 0.854 bits per heavy atom. The first kappa shape index (κ1) is 64.2. The van der Waals surface area contributed by atoms with E-state index in [1.165, 1.54) is 22.3 Å². The molecule has 0 unspecified atom stereocenters. The molecular weight excluding hydrogens is 1170 g/mol. The van der Waals surface area contributed by atoms with E-state index in [4.69, 9.17) is 34.6 Å². The van der Waals surface area contributed by atoms with Gasteiger partial charge in [-0.2, -0.15) is 0 Å². The standard InChI is InChI=1S/C89H84N6O/c1-14-15-22-55-96-69-53-54-76-77(56-69)79(73-26-19-17-24-71(73)58-31-35-60(36-32-58)81-92-84(63-41-49-67(50-42-63)88(8,9)10)95-85(93-81)64-43-51-68(52-44-64)89(11,12)13)75-28-21-20-27-74(75)78(76)72-25-18-16-23-70(72)57-29-33-59(34-30-57)80-90-82(61-37-45-65(46-38-61)86(2,3)4)94-83(91-80)62-39-47-66(48-40-62)87(5,6)7/h14,16-21,23-54,56H,1,15,22,55H2,2-13H3. The predicted molar refractivity (Wildman–Crippen MR) is 402 cm³/mol. The molecule has 0 bridgehead atoms. The van der Waals surface area contributed by atoms with Gasteiger partial charge in [0.25, 0.3) is 0 Å². The quantitative estimate of drug-likeness (QED) is 0.0574. The van der Waals surface area contributed by atoms with Crippen molar-refractivity contribution in [1.82, 2.24) is 29.9 Å². The molecule has 0 radical (unpaired) electrons. The third-order valence-electron chi connectivity index (χ3n) is 18.4. The smallest absolute Gasteiger partial charge is 0.164 e. The molecule has 13 rings (SSSR count). The molecule has 0 saturated heterocycles. The number of hydrogen-bond donors (Lipinski definition) is 0. The third kappa shape index (κ3) is 13.5. The molecule has 0 aliphatic carbocycles. The summed E-state index contributed by atoms with van der Waals surface area (Å²) in [6.45, 7) is 31.4. The maximum Gasteiger partial charge on any atom is 0.164 e. The molecule has 13 aromatic rings. The molecular formula is C89H84N6O. The van der Waals surface area contributed by atoms with Gasteiger partial charge in [-0.05, 0) is 135 Å². The summed E-state index contributed by atoms with van der Waals surface area (Å²) in [5.74, 6) is 4.58. The highest BCUT2D eigenvalue weighted by Gasteiger charge is 2.25. The van der Waals surface area contributed by atoms with Crippen molar-refractivity contribution in [2.24, 2.45) is 0 Å². The van der Waals surface area contributed by atoms with Crippen molar-refractivity contribution in [1.29, 1.82) is 0 Å². The summed E-state index contributed by atoms with van der Waals surface area (Å²) in [7, 11) is 0. The molecule has 0 spiro atoms. The second-order valence-corrected chi connectivity index (χ2v) is 29.5. The highest BCUT2D eigenvalue weighted by atomic mass is 16.5. The molecule has 0 atom stereocenters. The van der Waals surface area contributed by atoms with E-state index >= 15 is 0 Å². The second kappa shape index (κ2) is 26.0. The molecule has 0 aliphatic heterocycles. The number of nitrogens with zero attached hydrogens (tertiary/aromatic N) is 6. The van der Waals surface area contributed by atoms with Crippen LogP contribution >= 0.6 is 0 Å². The number of ether oxygens (including phenoxy) is 1. The van der Waals surface area contributed by atoms with E-state index < -0.39 is 0 Å². The maximum atomic E-state index is 6.61. The van der Waals surface area contributed by atoms with Gasteiger partial charge in [-0.1, -0.05) is 314 Å². The SMILES string of the molecule is C=CCCCOc1ccc2c(-c3ccccc3-c3ccc(-c4nc(-c5ccc(C(C)(C)C)cc5)nc(-c5ccc(C(C)(C)C)cc5)n4)cc3)c3ccccc3c(-c3ccccc3-c3ccc(-c4nc(-c5ccc(C(C)(C)C)cc5)nc(-c5ccc(C(C)(C)C)cc5)n4)cc3)c2c1. The number of benzene rings is 11. The molecule has 96 heavy (non-hydrogen) atoms. The Labute approximate surface area is 567 Å². The molecule has 0 amide bonds. The number of aromatic nitrogens is 6. The minimum atomic E-state index is 0.0102. The van der Waals surface area contributed by atoms with Gasteiger partial charge in [-0.25, -0.2) is 29.9 Å². The monoisotopic (exact) mass is 1250 g/mol. The zero-order chi connectivity index (χ0) is 67.1. The number of unbranched alkanes of at least 4 members (excludes halogenated alkanes) is 1. The lowest BCUT2D eigenvalue weighted by molar-refractivity contribution is 0.312. The van der Waals surface area contributed by atoms with E-state index in [1.807, 2.05) is 6.08 Å². The average Bonchev–Trinajstić information content (AvgIpc) is 0.725. The number of fused-ring (bicyclic) bond motifs is 2. The van der Waals surface area contributed by atoms with Gasteiger partial charge in [-0.3, -0.25) is 0 Å². The van der Waals surface area contributed by atoms with E-state index in [2.05, 4.69) is 326 Å².